The topological polar surface area (TPSA) is 46.3 Å². The van der Waals surface area contributed by atoms with Crippen molar-refractivity contribution in [3.63, 3.8) is 0 Å². The number of ether oxygens (including phenoxy) is 1. The highest BCUT2D eigenvalue weighted by Crippen LogP contribution is 2.28. The van der Waals surface area contributed by atoms with Gasteiger partial charge >= 0.3 is 0 Å². The maximum Gasteiger partial charge on any atom is 0.124 e. The highest BCUT2D eigenvalue weighted by atomic mass is 16.5. The third-order valence-electron chi connectivity index (χ3n) is 6.22. The minimum absolute atomic E-state index is 0.249. The molecule has 0 bridgehead atoms. The van der Waals surface area contributed by atoms with Gasteiger partial charge in [-0.2, -0.15) is 0 Å². The van der Waals surface area contributed by atoms with E-state index in [9.17, 15) is 5.11 Å². The van der Waals surface area contributed by atoms with E-state index in [-0.39, 0.29) is 5.54 Å². The van der Waals surface area contributed by atoms with E-state index in [2.05, 4.69) is 12.1 Å². The summed E-state index contributed by atoms with van der Waals surface area (Å²) in [4.78, 5) is 6.55. The molecule has 1 saturated heterocycles. The third-order valence-corrected chi connectivity index (χ3v) is 6.22. The second-order valence-corrected chi connectivity index (χ2v) is 7.75. The summed E-state index contributed by atoms with van der Waals surface area (Å²) in [7, 11) is 0. The molecule has 0 aromatic heterocycles. The predicted octanol–water partition coefficient (Wildman–Crippen LogP) is 2.58. The monoisotopic (exact) mass is 353 g/mol. The summed E-state index contributed by atoms with van der Waals surface area (Å²) in [6, 6.07) is 11.9. The molecule has 4 heteroatoms. The van der Waals surface area contributed by atoms with E-state index in [4.69, 9.17) is 9.73 Å². The van der Waals surface area contributed by atoms with E-state index >= 15 is 0 Å². The van der Waals surface area contributed by atoms with Crippen LogP contribution in [-0.4, -0.2) is 49.7 Å². The van der Waals surface area contributed by atoms with Crippen molar-refractivity contribution in [1.82, 2.24) is 0 Å². The Hall–Kier alpha value is -1.91. The summed E-state index contributed by atoms with van der Waals surface area (Å²) < 4.78 is 5.58. The van der Waals surface area contributed by atoms with E-state index in [1.54, 1.807) is 11.0 Å². The molecule has 4 rings (SSSR count). The van der Waals surface area contributed by atoms with Gasteiger partial charge < -0.3 is 14.7 Å². The molecule has 1 heterocycles. The first-order valence-electron chi connectivity index (χ1n) is 9.92. The highest BCUT2D eigenvalue weighted by molar-refractivity contribution is 6.02. The maximum absolute atomic E-state index is 10.3. The van der Waals surface area contributed by atoms with Gasteiger partial charge in [0.25, 0.3) is 0 Å². The van der Waals surface area contributed by atoms with Crippen molar-refractivity contribution < 1.29 is 14.7 Å². The van der Waals surface area contributed by atoms with Crippen molar-refractivity contribution in [3.05, 3.63) is 42.0 Å². The Bertz CT molecular complexity index is 775. The second kappa shape index (κ2) is 7.77. The van der Waals surface area contributed by atoms with Gasteiger partial charge in [-0.05, 0) is 29.7 Å². The van der Waals surface area contributed by atoms with Gasteiger partial charge in [0.1, 0.15) is 24.4 Å². The Morgan fingerprint density at radius 2 is 1.81 bits per heavy atom. The SMILES string of the molecule is Oc1ccc2ccccc2c1C=NCC1([NH+]2CCOCC2)CCCCC1. The molecule has 0 amide bonds. The Morgan fingerprint density at radius 3 is 2.62 bits per heavy atom. The smallest absolute Gasteiger partial charge is 0.124 e. The summed E-state index contributed by atoms with van der Waals surface area (Å²) in [6.45, 7) is 4.75. The molecule has 138 valence electrons. The number of nitrogens with zero attached hydrogens (tertiary/aromatic N) is 1. The fraction of sp³-hybridized carbons (Fsp3) is 0.500. The van der Waals surface area contributed by atoms with Crippen LogP contribution in [0, 0.1) is 0 Å². The van der Waals surface area contributed by atoms with Crippen LogP contribution in [0.15, 0.2) is 41.4 Å². The van der Waals surface area contributed by atoms with Gasteiger partial charge in [-0.3, -0.25) is 4.99 Å². The number of aromatic hydroxyl groups is 1. The molecule has 0 atom stereocenters. The largest absolute Gasteiger partial charge is 0.507 e. The first kappa shape index (κ1) is 17.5. The number of aliphatic imine (C=N–C) groups is 1. The van der Waals surface area contributed by atoms with Gasteiger partial charge in [-0.1, -0.05) is 36.8 Å². The van der Waals surface area contributed by atoms with Crippen molar-refractivity contribution >= 4 is 17.0 Å². The van der Waals surface area contributed by atoms with Crippen LogP contribution in [0.2, 0.25) is 0 Å². The van der Waals surface area contributed by atoms with Gasteiger partial charge in [0.15, 0.2) is 0 Å². The molecular weight excluding hydrogens is 324 g/mol. The molecule has 26 heavy (non-hydrogen) atoms. The van der Waals surface area contributed by atoms with Crippen LogP contribution in [0.3, 0.4) is 0 Å². The summed E-state index contributed by atoms with van der Waals surface area (Å²) in [5.74, 6) is 0.309. The number of phenolic OH excluding ortho intramolecular Hbond substituents is 1. The van der Waals surface area contributed by atoms with Crippen molar-refractivity contribution in [2.24, 2.45) is 4.99 Å². The van der Waals surface area contributed by atoms with Gasteiger partial charge in [0, 0.05) is 24.6 Å². The standard InChI is InChI=1S/C22H28N2O2/c25-21-9-8-18-6-2-3-7-19(18)20(21)16-23-17-22(10-4-1-5-11-22)24-12-14-26-15-13-24/h2-3,6-9,16,25H,1,4-5,10-15,17H2/p+1. The number of quaternary nitrogens is 1. The summed E-state index contributed by atoms with van der Waals surface area (Å²) in [6.07, 6.45) is 8.36. The number of benzene rings is 2. The average molecular weight is 353 g/mol. The molecule has 0 spiro atoms. The molecule has 2 aromatic rings. The summed E-state index contributed by atoms with van der Waals surface area (Å²) in [5.41, 5.74) is 1.09. The van der Waals surface area contributed by atoms with Crippen molar-refractivity contribution in [3.8, 4) is 5.75 Å². The molecule has 1 saturated carbocycles. The first-order valence-corrected chi connectivity index (χ1v) is 9.92. The lowest BCUT2D eigenvalue weighted by molar-refractivity contribution is -0.959. The highest BCUT2D eigenvalue weighted by Gasteiger charge is 2.42. The van der Waals surface area contributed by atoms with Crippen molar-refractivity contribution in [2.45, 2.75) is 37.6 Å². The minimum Gasteiger partial charge on any atom is -0.507 e. The second-order valence-electron chi connectivity index (χ2n) is 7.75. The van der Waals surface area contributed by atoms with Crippen LogP contribution in [0.25, 0.3) is 10.8 Å². The number of morpholine rings is 1. The van der Waals surface area contributed by atoms with Crippen molar-refractivity contribution in [2.75, 3.05) is 32.8 Å². The molecule has 2 aromatic carbocycles. The molecule has 4 nitrogen and oxygen atoms in total. The summed E-state index contributed by atoms with van der Waals surface area (Å²) in [5, 5.41) is 12.5. The van der Waals surface area contributed by atoms with Crippen LogP contribution in [-0.2, 0) is 4.74 Å². The molecule has 1 aliphatic heterocycles. The van der Waals surface area contributed by atoms with Crippen LogP contribution < -0.4 is 4.90 Å². The Kier molecular flexibility index (Phi) is 5.23. The molecule has 2 N–H and O–H groups in total. The normalized spacial score (nSPS) is 21.4. The molecule has 1 aliphatic carbocycles. The van der Waals surface area contributed by atoms with Crippen LogP contribution >= 0.6 is 0 Å². The van der Waals surface area contributed by atoms with E-state index in [0.29, 0.717) is 5.75 Å². The molecule has 2 aliphatic rings. The first-order chi connectivity index (χ1) is 12.8. The lowest BCUT2D eigenvalue weighted by Gasteiger charge is -2.44. The zero-order chi connectivity index (χ0) is 17.8. The fourth-order valence-electron chi connectivity index (χ4n) is 4.73. The van der Waals surface area contributed by atoms with Gasteiger partial charge in [0.2, 0.25) is 0 Å². The lowest BCUT2D eigenvalue weighted by Crippen LogP contribution is -3.22. The maximum atomic E-state index is 10.3. The van der Waals surface area contributed by atoms with E-state index < -0.39 is 0 Å². The molecular formula is C22H29N2O2+. The minimum atomic E-state index is 0.249. The quantitative estimate of drug-likeness (QED) is 0.830. The van der Waals surface area contributed by atoms with Crippen LogP contribution in [0.5, 0.6) is 5.75 Å². The van der Waals surface area contributed by atoms with Gasteiger partial charge in [0.05, 0.1) is 19.8 Å². The van der Waals surface area contributed by atoms with E-state index in [0.717, 1.165) is 49.2 Å². The zero-order valence-corrected chi connectivity index (χ0v) is 15.4. The number of phenols is 1. The molecule has 0 unspecified atom stereocenters. The Labute approximate surface area is 155 Å². The number of hydrogen-bond acceptors (Lipinski definition) is 3. The third kappa shape index (κ3) is 3.49. The van der Waals surface area contributed by atoms with Crippen molar-refractivity contribution in [1.29, 1.82) is 0 Å². The Balaban J connectivity index is 1.59. The summed E-state index contributed by atoms with van der Waals surface area (Å²) >= 11 is 0. The number of rotatable bonds is 4. The van der Waals surface area contributed by atoms with Gasteiger partial charge in [-0.15, -0.1) is 0 Å². The number of fused-ring (bicyclic) bond motifs is 1. The Morgan fingerprint density at radius 1 is 1.04 bits per heavy atom. The average Bonchev–Trinajstić information content (AvgIpc) is 2.71. The van der Waals surface area contributed by atoms with E-state index in [1.165, 1.54) is 32.1 Å². The predicted molar refractivity (Wildman–Crippen MR) is 105 cm³/mol. The number of hydrogen-bond donors (Lipinski definition) is 2. The van der Waals surface area contributed by atoms with Gasteiger partial charge in [-0.25, -0.2) is 0 Å². The van der Waals surface area contributed by atoms with Crippen LogP contribution in [0.1, 0.15) is 37.7 Å². The number of nitrogens with one attached hydrogen (secondary N) is 1. The lowest BCUT2D eigenvalue weighted by atomic mass is 9.80. The van der Waals surface area contributed by atoms with E-state index in [1.807, 2.05) is 24.4 Å². The molecule has 0 radical (unpaired) electrons. The zero-order valence-electron chi connectivity index (χ0n) is 15.4. The molecule has 2 fully saturated rings. The fourth-order valence-corrected chi connectivity index (χ4v) is 4.73. The van der Waals surface area contributed by atoms with Crippen LogP contribution in [0.4, 0.5) is 0 Å².